The van der Waals surface area contributed by atoms with Crippen LogP contribution in [0.25, 0.3) is 0 Å². The van der Waals surface area contributed by atoms with E-state index >= 15 is 0 Å². The highest BCUT2D eigenvalue weighted by molar-refractivity contribution is 5.46. The van der Waals surface area contributed by atoms with Gasteiger partial charge in [-0.3, -0.25) is 0 Å². The van der Waals surface area contributed by atoms with Crippen LogP contribution in [0.3, 0.4) is 0 Å². The highest BCUT2D eigenvalue weighted by Crippen LogP contribution is 2.15. The zero-order valence-corrected chi connectivity index (χ0v) is 11.5. The number of ether oxygens (including phenoxy) is 2. The first-order valence-electron chi connectivity index (χ1n) is 5.95. The maximum Gasteiger partial charge on any atom is 0.158 e. The van der Waals surface area contributed by atoms with Crippen molar-refractivity contribution in [1.29, 1.82) is 0 Å². The molecule has 6 heteroatoms. The highest BCUT2D eigenvalue weighted by atomic mass is 16.5. The van der Waals surface area contributed by atoms with E-state index in [1.54, 1.807) is 13.2 Å². The molecule has 3 N–H and O–H groups in total. The van der Waals surface area contributed by atoms with Crippen LogP contribution in [0.5, 0.6) is 0 Å². The molecule has 1 heterocycles. The average molecular weight is 254 g/mol. The minimum absolute atomic E-state index is 0.224. The molecule has 1 rings (SSSR count). The molecule has 6 nitrogen and oxygen atoms in total. The normalized spacial score (nSPS) is 11.6. The van der Waals surface area contributed by atoms with Gasteiger partial charge in [0.25, 0.3) is 0 Å². The van der Waals surface area contributed by atoms with Gasteiger partial charge in [0.2, 0.25) is 0 Å². The molecule has 0 aromatic carbocycles. The molecule has 18 heavy (non-hydrogen) atoms. The molecule has 0 saturated carbocycles. The molecule has 0 aliphatic rings. The summed E-state index contributed by atoms with van der Waals surface area (Å²) in [6.45, 7) is 7.52. The average Bonchev–Trinajstić information content (AvgIpc) is 2.24. The fourth-order valence-corrected chi connectivity index (χ4v) is 1.58. The molecule has 102 valence electrons. The van der Waals surface area contributed by atoms with Gasteiger partial charge in [-0.2, -0.15) is 0 Å². The number of hydrogen-bond donors (Lipinski definition) is 2. The van der Waals surface area contributed by atoms with Gasteiger partial charge in [-0.15, -0.1) is 0 Å². The number of nitrogens with two attached hydrogens (primary N) is 1. The van der Waals surface area contributed by atoms with E-state index in [-0.39, 0.29) is 5.54 Å². The van der Waals surface area contributed by atoms with Crippen molar-refractivity contribution in [3.8, 4) is 0 Å². The second-order valence-corrected chi connectivity index (χ2v) is 4.67. The molecule has 1 aromatic rings. The Morgan fingerprint density at radius 2 is 2.11 bits per heavy atom. The van der Waals surface area contributed by atoms with Gasteiger partial charge in [-0.05, 0) is 20.8 Å². The van der Waals surface area contributed by atoms with Crippen molar-refractivity contribution < 1.29 is 9.47 Å². The van der Waals surface area contributed by atoms with Crippen LogP contribution in [-0.2, 0) is 16.1 Å². The summed E-state index contributed by atoms with van der Waals surface area (Å²) >= 11 is 0. The number of aromatic nitrogens is 2. The lowest BCUT2D eigenvalue weighted by atomic mass is 10.1. The summed E-state index contributed by atoms with van der Waals surface area (Å²) in [5.41, 5.74) is 5.52. The lowest BCUT2D eigenvalue weighted by Crippen LogP contribution is -2.36. The molecule has 1 aromatic heterocycles. The zero-order chi connectivity index (χ0) is 13.6. The first kappa shape index (κ1) is 14.7. The Balaban J connectivity index is 2.79. The fourth-order valence-electron chi connectivity index (χ4n) is 1.58. The van der Waals surface area contributed by atoms with Gasteiger partial charge in [0, 0.05) is 19.8 Å². The van der Waals surface area contributed by atoms with Gasteiger partial charge in [0.15, 0.2) is 5.82 Å². The second kappa shape index (κ2) is 6.51. The highest BCUT2D eigenvalue weighted by Gasteiger charge is 2.18. The number of hydrogen-bond acceptors (Lipinski definition) is 6. The molecule has 0 aliphatic heterocycles. The van der Waals surface area contributed by atoms with Gasteiger partial charge < -0.3 is 20.5 Å². The predicted molar refractivity (Wildman–Crippen MR) is 71.4 cm³/mol. The molecule has 0 amide bonds. The molecule has 0 radical (unpaired) electrons. The van der Waals surface area contributed by atoms with Crippen LogP contribution in [-0.4, -0.2) is 35.8 Å². The third-order valence-corrected chi connectivity index (χ3v) is 2.20. The molecule has 0 atom stereocenters. The number of nitrogens with zero attached hydrogens (tertiary/aromatic N) is 2. The van der Waals surface area contributed by atoms with E-state index in [0.717, 1.165) is 0 Å². The number of nitrogen functional groups attached to an aromatic ring is 1. The smallest absolute Gasteiger partial charge is 0.158 e. The molecular formula is C12H22N4O2. The Bertz CT molecular complexity index is 382. The first-order valence-corrected chi connectivity index (χ1v) is 5.95. The first-order chi connectivity index (χ1) is 8.46. The van der Waals surface area contributed by atoms with E-state index in [1.807, 2.05) is 20.8 Å². The predicted octanol–water partition coefficient (Wildman–Crippen LogP) is 1.43. The summed E-state index contributed by atoms with van der Waals surface area (Å²) < 4.78 is 10.4. The van der Waals surface area contributed by atoms with Gasteiger partial charge in [0.1, 0.15) is 18.2 Å². The Labute approximate surface area is 108 Å². The van der Waals surface area contributed by atoms with Crippen molar-refractivity contribution in [2.75, 3.05) is 31.4 Å². The van der Waals surface area contributed by atoms with Crippen molar-refractivity contribution >= 4 is 11.6 Å². The maximum atomic E-state index is 5.75. The van der Waals surface area contributed by atoms with E-state index in [4.69, 9.17) is 15.2 Å². The van der Waals surface area contributed by atoms with Crippen molar-refractivity contribution in [2.45, 2.75) is 32.9 Å². The van der Waals surface area contributed by atoms with Crippen LogP contribution in [0.2, 0.25) is 0 Å². The minimum Gasteiger partial charge on any atom is -0.384 e. The van der Waals surface area contributed by atoms with Crippen molar-refractivity contribution in [1.82, 2.24) is 9.97 Å². The number of rotatable bonds is 7. The van der Waals surface area contributed by atoms with Crippen LogP contribution in [0.15, 0.2) is 6.07 Å². The Morgan fingerprint density at radius 3 is 2.72 bits per heavy atom. The minimum atomic E-state index is -0.224. The SMILES string of the molecule is CCOCc1nc(N)cc(NC(C)(C)COC)n1. The fraction of sp³-hybridized carbons (Fsp3) is 0.667. The lowest BCUT2D eigenvalue weighted by Gasteiger charge is -2.26. The molecule has 0 aliphatic carbocycles. The molecule has 0 saturated heterocycles. The molecule has 0 bridgehead atoms. The van der Waals surface area contributed by atoms with Crippen LogP contribution in [0.4, 0.5) is 11.6 Å². The Morgan fingerprint density at radius 1 is 1.39 bits per heavy atom. The summed E-state index contributed by atoms with van der Waals surface area (Å²) in [7, 11) is 1.66. The molecule has 0 spiro atoms. The van der Waals surface area contributed by atoms with Crippen molar-refractivity contribution in [2.24, 2.45) is 0 Å². The van der Waals surface area contributed by atoms with E-state index in [0.29, 0.717) is 37.3 Å². The van der Waals surface area contributed by atoms with Crippen LogP contribution in [0.1, 0.15) is 26.6 Å². The maximum absolute atomic E-state index is 5.75. The van der Waals surface area contributed by atoms with E-state index in [1.165, 1.54) is 0 Å². The number of methoxy groups -OCH3 is 1. The summed E-state index contributed by atoms with van der Waals surface area (Å²) in [5, 5.41) is 3.27. The van der Waals surface area contributed by atoms with Crippen molar-refractivity contribution in [3.63, 3.8) is 0 Å². The number of anilines is 2. The van der Waals surface area contributed by atoms with Gasteiger partial charge in [-0.1, -0.05) is 0 Å². The van der Waals surface area contributed by atoms with E-state index in [9.17, 15) is 0 Å². The van der Waals surface area contributed by atoms with Crippen LogP contribution < -0.4 is 11.1 Å². The molecule has 0 fully saturated rings. The Hall–Kier alpha value is -1.40. The van der Waals surface area contributed by atoms with Crippen molar-refractivity contribution in [3.05, 3.63) is 11.9 Å². The molecular weight excluding hydrogens is 232 g/mol. The topological polar surface area (TPSA) is 82.3 Å². The third-order valence-electron chi connectivity index (χ3n) is 2.20. The standard InChI is InChI=1S/C12H22N4O2/c1-5-18-7-11-14-9(13)6-10(15-11)16-12(2,3)8-17-4/h6H,5,7-8H2,1-4H3,(H3,13,14,15,16). The van der Waals surface area contributed by atoms with Gasteiger partial charge in [-0.25, -0.2) is 9.97 Å². The zero-order valence-electron chi connectivity index (χ0n) is 11.5. The monoisotopic (exact) mass is 254 g/mol. The summed E-state index contributed by atoms with van der Waals surface area (Å²) in [4.78, 5) is 8.47. The third kappa shape index (κ3) is 4.85. The number of nitrogens with one attached hydrogen (secondary N) is 1. The van der Waals surface area contributed by atoms with E-state index < -0.39 is 0 Å². The summed E-state index contributed by atoms with van der Waals surface area (Å²) in [5.74, 6) is 1.68. The van der Waals surface area contributed by atoms with Crippen LogP contribution >= 0.6 is 0 Å². The molecule has 0 unspecified atom stereocenters. The van der Waals surface area contributed by atoms with Gasteiger partial charge in [0.05, 0.1) is 12.1 Å². The quantitative estimate of drug-likeness (QED) is 0.766. The summed E-state index contributed by atoms with van der Waals surface area (Å²) in [6.07, 6.45) is 0. The second-order valence-electron chi connectivity index (χ2n) is 4.67. The van der Waals surface area contributed by atoms with Crippen LogP contribution in [0, 0.1) is 0 Å². The summed E-state index contributed by atoms with van der Waals surface area (Å²) in [6, 6.07) is 1.70. The lowest BCUT2D eigenvalue weighted by molar-refractivity contribution is 0.128. The Kier molecular flexibility index (Phi) is 5.30. The van der Waals surface area contributed by atoms with Gasteiger partial charge >= 0.3 is 0 Å². The largest absolute Gasteiger partial charge is 0.384 e. The van der Waals surface area contributed by atoms with E-state index in [2.05, 4.69) is 15.3 Å².